The number of Topliss-reactive ketones (excluding diaryl/α,β-unsaturated/α-hetero) is 1. The standard InChI is InChI=1S/C41H46FN5O9/c1-25(2)36(45-40(53)55-23-27-7-5-4-6-8-27)35(48)19-26(3)38(50)44-30-11-9-28(10-12-30)24-56-41(54)47-17-15-46(16-18-47)14-13-29-20-34-31(21-33(29)42)37(49)32(22-43-34)39(51)52/h4-12,20-22,25-26,36H,13-19,23-24H2,1-3H3,(H,43,49)(H,44,50)(H,45,53)(H,51,52)/t26-,36-/m0/s1. The second kappa shape index (κ2) is 19.0. The van der Waals surface area contributed by atoms with Gasteiger partial charge in [-0.1, -0.05) is 63.2 Å². The minimum absolute atomic E-state index is 0.0207. The molecule has 296 valence electrons. The second-order valence-electron chi connectivity index (χ2n) is 14.1. The Labute approximate surface area is 323 Å². The Hall–Kier alpha value is -6.09. The predicted octanol–water partition coefficient (Wildman–Crippen LogP) is 5.35. The van der Waals surface area contributed by atoms with Gasteiger partial charge in [-0.3, -0.25) is 19.3 Å². The van der Waals surface area contributed by atoms with Crippen LogP contribution in [-0.2, 0) is 38.7 Å². The van der Waals surface area contributed by atoms with Gasteiger partial charge >= 0.3 is 18.2 Å². The zero-order valence-corrected chi connectivity index (χ0v) is 31.5. The molecule has 0 bridgehead atoms. The topological polar surface area (TPSA) is 187 Å². The second-order valence-corrected chi connectivity index (χ2v) is 14.1. The lowest BCUT2D eigenvalue weighted by Gasteiger charge is -2.34. The number of H-pyrrole nitrogens is 1. The number of carboxylic acid groups (broad SMARTS) is 1. The number of pyridine rings is 1. The molecule has 5 rings (SSSR count). The van der Waals surface area contributed by atoms with Gasteiger partial charge in [0.2, 0.25) is 11.3 Å². The van der Waals surface area contributed by atoms with Gasteiger partial charge in [-0.15, -0.1) is 0 Å². The first-order valence-corrected chi connectivity index (χ1v) is 18.4. The van der Waals surface area contributed by atoms with Crippen LogP contribution < -0.4 is 16.1 Å². The van der Waals surface area contributed by atoms with E-state index in [0.717, 1.165) is 17.8 Å². The number of hydrogen-bond acceptors (Lipinski definition) is 9. The van der Waals surface area contributed by atoms with E-state index in [-0.39, 0.29) is 42.6 Å². The number of aromatic carboxylic acids is 1. The molecule has 0 spiro atoms. The van der Waals surface area contributed by atoms with Crippen LogP contribution in [0.3, 0.4) is 0 Å². The Morgan fingerprint density at radius 3 is 2.21 bits per heavy atom. The van der Waals surface area contributed by atoms with Crippen molar-refractivity contribution in [3.63, 3.8) is 0 Å². The SMILES string of the molecule is CC(C)[C@H](NC(=O)OCc1ccccc1)C(=O)C[C@H](C)C(=O)Nc1ccc(COC(=O)N2CCN(CCc3cc4[nH]cc(C(=O)O)c(=O)c4cc3F)CC2)cc1. The highest BCUT2D eigenvalue weighted by Crippen LogP contribution is 2.19. The largest absolute Gasteiger partial charge is 0.477 e. The predicted molar refractivity (Wildman–Crippen MR) is 206 cm³/mol. The Morgan fingerprint density at radius 1 is 0.893 bits per heavy atom. The molecular formula is C41H46FN5O9. The van der Waals surface area contributed by atoms with Crippen molar-refractivity contribution in [2.75, 3.05) is 38.0 Å². The fourth-order valence-corrected chi connectivity index (χ4v) is 6.29. The van der Waals surface area contributed by atoms with E-state index in [1.54, 1.807) is 49.9 Å². The van der Waals surface area contributed by atoms with Gasteiger partial charge in [-0.05, 0) is 53.3 Å². The number of nitrogens with one attached hydrogen (secondary N) is 3. The Balaban J connectivity index is 1.01. The van der Waals surface area contributed by atoms with E-state index in [2.05, 4.69) is 20.5 Å². The van der Waals surface area contributed by atoms with Crippen LogP contribution in [0.4, 0.5) is 19.7 Å². The lowest BCUT2D eigenvalue weighted by molar-refractivity contribution is -0.127. The number of aromatic amines is 1. The summed E-state index contributed by atoms with van der Waals surface area (Å²) in [7, 11) is 0. The number of halogens is 1. The molecule has 14 nitrogen and oxygen atoms in total. The maximum absolute atomic E-state index is 14.8. The maximum Gasteiger partial charge on any atom is 0.410 e. The number of piperazine rings is 1. The highest BCUT2D eigenvalue weighted by atomic mass is 19.1. The van der Waals surface area contributed by atoms with Crippen LogP contribution >= 0.6 is 0 Å². The summed E-state index contributed by atoms with van der Waals surface area (Å²) < 4.78 is 25.6. The first-order valence-electron chi connectivity index (χ1n) is 18.4. The number of alkyl carbamates (subject to hydrolysis) is 1. The fourth-order valence-electron chi connectivity index (χ4n) is 6.29. The van der Waals surface area contributed by atoms with Crippen molar-refractivity contribution in [2.24, 2.45) is 11.8 Å². The van der Waals surface area contributed by atoms with Gasteiger partial charge in [0.25, 0.3) is 0 Å². The summed E-state index contributed by atoms with van der Waals surface area (Å²) in [5.41, 5.74) is 1.57. The highest BCUT2D eigenvalue weighted by Gasteiger charge is 2.28. The average Bonchev–Trinajstić information content (AvgIpc) is 3.18. The van der Waals surface area contributed by atoms with Crippen molar-refractivity contribution in [1.82, 2.24) is 20.1 Å². The molecule has 1 aliphatic rings. The van der Waals surface area contributed by atoms with E-state index >= 15 is 0 Å². The third kappa shape index (κ3) is 11.0. The van der Waals surface area contributed by atoms with Crippen molar-refractivity contribution in [3.8, 4) is 0 Å². The molecule has 3 amide bonds. The molecule has 4 N–H and O–H groups in total. The summed E-state index contributed by atoms with van der Waals surface area (Å²) in [6, 6.07) is 17.8. The van der Waals surface area contributed by atoms with E-state index in [4.69, 9.17) is 14.6 Å². The molecule has 4 aromatic rings. The third-order valence-electron chi connectivity index (χ3n) is 9.64. The van der Waals surface area contributed by atoms with Crippen LogP contribution in [0.25, 0.3) is 10.9 Å². The molecule has 2 atom stereocenters. The molecule has 56 heavy (non-hydrogen) atoms. The van der Waals surface area contributed by atoms with Crippen molar-refractivity contribution < 1.29 is 42.9 Å². The summed E-state index contributed by atoms with van der Waals surface area (Å²) in [5.74, 6) is -3.51. The van der Waals surface area contributed by atoms with Gasteiger partial charge in [0.05, 0.1) is 6.04 Å². The van der Waals surface area contributed by atoms with Gasteiger partial charge in [-0.2, -0.15) is 0 Å². The van der Waals surface area contributed by atoms with Crippen molar-refractivity contribution in [3.05, 3.63) is 111 Å². The van der Waals surface area contributed by atoms with Gasteiger partial charge in [0.1, 0.15) is 24.6 Å². The van der Waals surface area contributed by atoms with Crippen LogP contribution in [0.5, 0.6) is 0 Å². The Bertz CT molecular complexity index is 2100. The molecule has 0 unspecified atom stereocenters. The third-order valence-corrected chi connectivity index (χ3v) is 9.64. The molecular weight excluding hydrogens is 725 g/mol. The number of carbonyl (C=O) groups excluding carboxylic acids is 4. The van der Waals surface area contributed by atoms with E-state index in [1.165, 1.54) is 6.07 Å². The summed E-state index contributed by atoms with van der Waals surface area (Å²) in [6.45, 7) is 7.80. The lowest BCUT2D eigenvalue weighted by atomic mass is 9.93. The zero-order valence-electron chi connectivity index (χ0n) is 31.5. The number of ketones is 1. The number of benzene rings is 3. The van der Waals surface area contributed by atoms with Gasteiger partial charge in [0.15, 0.2) is 5.78 Å². The molecule has 0 aliphatic carbocycles. The van der Waals surface area contributed by atoms with Crippen LogP contribution in [-0.4, -0.2) is 88.5 Å². The summed E-state index contributed by atoms with van der Waals surface area (Å²) in [5, 5.41) is 14.6. The first kappa shape index (κ1) is 41.1. The summed E-state index contributed by atoms with van der Waals surface area (Å²) in [6.07, 6.45) is 0.200. The molecule has 1 saturated heterocycles. The number of fused-ring (bicyclic) bond motifs is 1. The quantitative estimate of drug-likeness (QED) is 0.123. The molecule has 1 fully saturated rings. The zero-order chi connectivity index (χ0) is 40.4. The van der Waals surface area contributed by atoms with Crippen molar-refractivity contribution in [2.45, 2.75) is 52.9 Å². The average molecular weight is 772 g/mol. The Kier molecular flexibility index (Phi) is 13.9. The number of aromatic nitrogens is 1. The molecule has 3 aromatic carbocycles. The van der Waals surface area contributed by atoms with Gasteiger partial charge in [0, 0.05) is 67.8 Å². The molecule has 0 radical (unpaired) electrons. The maximum atomic E-state index is 14.8. The monoisotopic (exact) mass is 771 g/mol. The van der Waals surface area contributed by atoms with Crippen molar-refractivity contribution >= 4 is 46.4 Å². The fraction of sp³-hybridized carbons (Fsp3) is 0.366. The van der Waals surface area contributed by atoms with Crippen LogP contribution in [0.15, 0.2) is 77.7 Å². The number of amides is 3. The van der Waals surface area contributed by atoms with Crippen LogP contribution in [0.1, 0.15) is 54.2 Å². The van der Waals surface area contributed by atoms with Crippen LogP contribution in [0.2, 0.25) is 0 Å². The molecule has 1 aromatic heterocycles. The molecule has 2 heterocycles. The Morgan fingerprint density at radius 2 is 1.55 bits per heavy atom. The lowest BCUT2D eigenvalue weighted by Crippen LogP contribution is -2.49. The minimum Gasteiger partial charge on any atom is -0.477 e. The van der Waals surface area contributed by atoms with Crippen LogP contribution in [0, 0.1) is 17.7 Å². The minimum atomic E-state index is -1.39. The van der Waals surface area contributed by atoms with E-state index in [0.29, 0.717) is 61.5 Å². The number of anilines is 1. The molecule has 1 aliphatic heterocycles. The highest BCUT2D eigenvalue weighted by molar-refractivity contribution is 5.97. The van der Waals surface area contributed by atoms with Gasteiger partial charge < -0.3 is 35.1 Å². The number of carbonyl (C=O) groups is 5. The van der Waals surface area contributed by atoms with E-state index in [1.807, 2.05) is 30.3 Å². The van der Waals surface area contributed by atoms with Crippen molar-refractivity contribution in [1.29, 1.82) is 0 Å². The normalized spacial score (nSPS) is 14.2. The smallest absolute Gasteiger partial charge is 0.410 e. The number of rotatable bonds is 15. The summed E-state index contributed by atoms with van der Waals surface area (Å²) in [4.78, 5) is 81.3. The van der Waals surface area contributed by atoms with Gasteiger partial charge in [-0.25, -0.2) is 18.8 Å². The summed E-state index contributed by atoms with van der Waals surface area (Å²) >= 11 is 0. The van der Waals surface area contributed by atoms with E-state index < -0.39 is 46.9 Å². The van der Waals surface area contributed by atoms with E-state index in [9.17, 15) is 33.2 Å². The number of ether oxygens (including phenoxy) is 2. The number of carboxylic acids is 1. The molecule has 15 heteroatoms. The first-order chi connectivity index (χ1) is 26.8. The number of nitrogens with zero attached hydrogens (tertiary/aromatic N) is 2. The molecule has 0 saturated carbocycles. The number of hydrogen-bond donors (Lipinski definition) is 4.